The van der Waals surface area contributed by atoms with Gasteiger partial charge in [-0.15, -0.1) is 0 Å². The van der Waals surface area contributed by atoms with E-state index in [9.17, 15) is 41.1 Å². The maximum absolute atomic E-state index is 13.7. The Bertz CT molecular complexity index is 1190. The molecule has 0 atom stereocenters. The Morgan fingerprint density at radius 1 is 0.756 bits per heavy atom. The molecule has 2 rings (SSSR count). The zero-order valence-electron chi connectivity index (χ0n) is 23.2. The highest BCUT2D eigenvalue weighted by atomic mass is 19.4. The molecule has 0 bridgehead atoms. The van der Waals surface area contributed by atoms with E-state index < -0.39 is 48.1 Å². The van der Waals surface area contributed by atoms with Gasteiger partial charge in [-0.05, 0) is 24.0 Å². The van der Waals surface area contributed by atoms with Gasteiger partial charge >= 0.3 is 29.9 Å². The van der Waals surface area contributed by atoms with Gasteiger partial charge in [0, 0.05) is 37.3 Å². The highest BCUT2D eigenvalue weighted by Crippen LogP contribution is 2.16. The van der Waals surface area contributed by atoms with E-state index in [0.717, 1.165) is 4.90 Å². The molecule has 2 aromatic carbocycles. The molecule has 0 radical (unpaired) electrons. The molecule has 0 fully saturated rings. The number of ether oxygens (including phenoxy) is 1. The van der Waals surface area contributed by atoms with Gasteiger partial charge in [0.05, 0.1) is 0 Å². The molecular formula is C28H34F5N3O5. The predicted octanol–water partition coefficient (Wildman–Crippen LogP) is 4.21. The Morgan fingerprint density at radius 3 is 1.49 bits per heavy atom. The fraction of sp³-hybridized carbons (Fsp3) is 0.429. The van der Waals surface area contributed by atoms with Crippen LogP contribution in [0.2, 0.25) is 0 Å². The molecule has 0 unspecified atom stereocenters. The van der Waals surface area contributed by atoms with Gasteiger partial charge in [0.25, 0.3) is 0 Å². The summed E-state index contributed by atoms with van der Waals surface area (Å²) in [6, 6.07) is 11.8. The highest BCUT2D eigenvalue weighted by Gasteiger charge is 2.33. The van der Waals surface area contributed by atoms with E-state index in [1.54, 1.807) is 38.1 Å². The van der Waals surface area contributed by atoms with Crippen LogP contribution in [-0.4, -0.2) is 59.4 Å². The average molecular weight is 588 g/mol. The summed E-state index contributed by atoms with van der Waals surface area (Å²) in [4.78, 5) is 48.3. The molecule has 3 amide bonds. The van der Waals surface area contributed by atoms with Crippen molar-refractivity contribution in [1.29, 1.82) is 0 Å². The number of carbonyl (C=O) groups is 4. The number of benzene rings is 2. The maximum Gasteiger partial charge on any atom is 0.422 e. The number of rotatable bonds is 9. The molecule has 2 N–H and O–H groups in total. The third kappa shape index (κ3) is 13.3. The molecule has 41 heavy (non-hydrogen) atoms. The summed E-state index contributed by atoms with van der Waals surface area (Å²) < 4.78 is 67.2. The highest BCUT2D eigenvalue weighted by molar-refractivity contribution is 6.34. The molecule has 2 aromatic rings. The number of alkyl halides is 3. The summed E-state index contributed by atoms with van der Waals surface area (Å²) in [5.41, 5.74) is 5.51. The molecule has 0 heterocycles. The first-order valence-electron chi connectivity index (χ1n) is 12.6. The third-order valence-electron chi connectivity index (χ3n) is 5.14. The molecule has 0 aliphatic rings. The van der Waals surface area contributed by atoms with Gasteiger partial charge in [0.15, 0.2) is 6.61 Å². The summed E-state index contributed by atoms with van der Waals surface area (Å²) in [5.74, 6) is -5.52. The van der Waals surface area contributed by atoms with Crippen LogP contribution < -0.4 is 5.73 Å². The van der Waals surface area contributed by atoms with E-state index in [-0.39, 0.29) is 37.0 Å². The van der Waals surface area contributed by atoms with Crippen LogP contribution in [0.3, 0.4) is 0 Å². The Morgan fingerprint density at radius 2 is 1.15 bits per heavy atom. The number of esters is 1. The second-order valence-electron chi connectivity index (χ2n) is 9.90. The molecule has 8 nitrogen and oxygen atoms in total. The van der Waals surface area contributed by atoms with Crippen LogP contribution in [0.4, 0.5) is 22.0 Å². The summed E-state index contributed by atoms with van der Waals surface area (Å²) in [6.45, 7) is 5.73. The minimum atomic E-state index is -4.72. The Hall–Kier alpha value is -4.03. The molecule has 0 saturated heterocycles. The van der Waals surface area contributed by atoms with Crippen molar-refractivity contribution in [3.63, 3.8) is 0 Å². The maximum atomic E-state index is 13.7. The van der Waals surface area contributed by atoms with Crippen molar-refractivity contribution in [2.75, 3.05) is 19.7 Å². The number of nitrogens with two attached hydrogens (primary N) is 1. The fourth-order valence-corrected chi connectivity index (χ4v) is 3.48. The van der Waals surface area contributed by atoms with Crippen molar-refractivity contribution >= 4 is 23.7 Å². The largest absolute Gasteiger partial charge is 0.449 e. The van der Waals surface area contributed by atoms with Crippen LogP contribution in [0.1, 0.15) is 38.8 Å². The number of primary amides is 1. The number of halogens is 5. The zero-order valence-corrected chi connectivity index (χ0v) is 23.2. The molecule has 0 aromatic heterocycles. The second-order valence-corrected chi connectivity index (χ2v) is 9.90. The van der Waals surface area contributed by atoms with Gasteiger partial charge in [-0.3, -0.25) is 14.4 Å². The second kappa shape index (κ2) is 16.3. The van der Waals surface area contributed by atoms with Crippen LogP contribution in [0.25, 0.3) is 0 Å². The summed E-state index contributed by atoms with van der Waals surface area (Å²) in [7, 11) is 0. The lowest BCUT2D eigenvalue weighted by molar-refractivity contribution is -0.189. The lowest BCUT2D eigenvalue weighted by atomic mass is 10.1. The van der Waals surface area contributed by atoms with E-state index in [1.807, 2.05) is 13.8 Å². The predicted molar refractivity (Wildman–Crippen MR) is 140 cm³/mol. The lowest BCUT2D eigenvalue weighted by Crippen LogP contribution is -2.41. The van der Waals surface area contributed by atoms with E-state index in [2.05, 4.69) is 4.74 Å². The van der Waals surface area contributed by atoms with Gasteiger partial charge in [0.2, 0.25) is 0 Å². The van der Waals surface area contributed by atoms with Crippen LogP contribution >= 0.6 is 0 Å². The smallest absolute Gasteiger partial charge is 0.422 e. The Balaban J connectivity index is 0.000000422. The Kier molecular flexibility index (Phi) is 13.9. The van der Waals surface area contributed by atoms with E-state index in [0.29, 0.717) is 12.1 Å². The molecule has 0 spiro atoms. The van der Waals surface area contributed by atoms with Crippen molar-refractivity contribution in [2.45, 2.75) is 47.0 Å². The first kappa shape index (κ1) is 35.0. The number of carbonyl (C=O) groups excluding carboxylic acids is 4. The summed E-state index contributed by atoms with van der Waals surface area (Å²) in [5, 5.41) is 0. The number of hydrogen-bond donors (Lipinski definition) is 1. The number of amides is 3. The van der Waals surface area contributed by atoms with Crippen molar-refractivity contribution in [3.8, 4) is 0 Å². The van der Waals surface area contributed by atoms with Crippen LogP contribution in [-0.2, 0) is 37.0 Å². The van der Waals surface area contributed by atoms with Crippen LogP contribution in [0, 0.1) is 23.5 Å². The van der Waals surface area contributed by atoms with Gasteiger partial charge in [-0.2, -0.15) is 13.2 Å². The summed E-state index contributed by atoms with van der Waals surface area (Å²) in [6.07, 6.45) is -4.72. The van der Waals surface area contributed by atoms with Crippen molar-refractivity contribution in [1.82, 2.24) is 9.80 Å². The van der Waals surface area contributed by atoms with Crippen LogP contribution in [0.5, 0.6) is 0 Å². The number of hydrogen-bond acceptors (Lipinski definition) is 5. The third-order valence-corrected chi connectivity index (χ3v) is 5.14. The van der Waals surface area contributed by atoms with Gasteiger partial charge in [-0.25, -0.2) is 13.6 Å². The molecule has 0 aliphatic carbocycles. The number of nitrogens with zero attached hydrogens (tertiary/aromatic N) is 2. The first-order chi connectivity index (χ1) is 19.0. The normalized spacial score (nSPS) is 11.0. The SMILES string of the molecule is CC(C)CN(Cc1ccccc1F)C(=O)C(=O)OCC(F)(F)F.CC(C)CN(Cc1ccccc1F)C(=O)C(N)=O. The van der Waals surface area contributed by atoms with E-state index >= 15 is 0 Å². The topological polar surface area (TPSA) is 110 Å². The van der Waals surface area contributed by atoms with Crippen molar-refractivity contribution < 1.29 is 45.9 Å². The zero-order chi connectivity index (χ0) is 31.3. The van der Waals surface area contributed by atoms with Crippen LogP contribution in [0.15, 0.2) is 48.5 Å². The lowest BCUT2D eigenvalue weighted by Gasteiger charge is -2.24. The average Bonchev–Trinajstić information content (AvgIpc) is 2.87. The minimum Gasteiger partial charge on any atom is -0.449 e. The van der Waals surface area contributed by atoms with Crippen molar-refractivity contribution in [2.24, 2.45) is 17.6 Å². The van der Waals surface area contributed by atoms with Gasteiger partial charge < -0.3 is 20.3 Å². The fourth-order valence-electron chi connectivity index (χ4n) is 3.48. The minimum absolute atomic E-state index is 0.0482. The molecule has 0 aliphatic heterocycles. The molecule has 13 heteroatoms. The standard InChI is InChI=1S/C15H17F4NO3.C13H17FN2O2/c1-10(2)7-20(8-11-5-3-4-6-12(11)16)13(21)14(22)23-9-15(17,18)19;1-9(2)7-16(13(18)12(15)17)8-10-5-3-4-6-11(10)14/h3-6,10H,7-9H2,1-2H3;3-6,9H,7-8H2,1-2H3,(H2,15,17). The summed E-state index contributed by atoms with van der Waals surface area (Å²) >= 11 is 0. The first-order valence-corrected chi connectivity index (χ1v) is 12.6. The molecule has 0 saturated carbocycles. The van der Waals surface area contributed by atoms with Crippen molar-refractivity contribution in [3.05, 3.63) is 71.3 Å². The molecule has 226 valence electrons. The monoisotopic (exact) mass is 587 g/mol. The molecular weight excluding hydrogens is 553 g/mol. The van der Waals surface area contributed by atoms with E-state index in [1.165, 1.54) is 29.2 Å². The Labute approximate surface area is 235 Å². The van der Waals surface area contributed by atoms with Gasteiger partial charge in [0.1, 0.15) is 11.6 Å². The quantitative estimate of drug-likeness (QED) is 0.269. The van der Waals surface area contributed by atoms with E-state index in [4.69, 9.17) is 5.73 Å². The van der Waals surface area contributed by atoms with Gasteiger partial charge in [-0.1, -0.05) is 64.1 Å².